The molecule has 0 spiro atoms. The summed E-state index contributed by atoms with van der Waals surface area (Å²) >= 11 is 3.39. The van der Waals surface area contributed by atoms with Gasteiger partial charge in [-0.3, -0.25) is 4.79 Å². The monoisotopic (exact) mass is 404 g/mol. The molecule has 1 aliphatic heterocycles. The fourth-order valence-corrected chi connectivity index (χ4v) is 3.06. The summed E-state index contributed by atoms with van der Waals surface area (Å²) < 4.78 is 16.8. The van der Waals surface area contributed by atoms with Crippen LogP contribution >= 0.6 is 15.9 Å². The van der Waals surface area contributed by atoms with Crippen LogP contribution in [0.1, 0.15) is 22.3 Å². The zero-order valence-electron chi connectivity index (χ0n) is 13.8. The van der Waals surface area contributed by atoms with Crippen LogP contribution < -0.4 is 14.2 Å². The predicted octanol–water partition coefficient (Wildman–Crippen LogP) is 4.22. The van der Waals surface area contributed by atoms with Gasteiger partial charge in [-0.1, -0.05) is 15.9 Å². The Morgan fingerprint density at radius 3 is 2.48 bits per heavy atom. The number of Topliss-reactive ketones (excluding diaryl/α,β-unsaturated/α-hetero) is 1. The zero-order chi connectivity index (χ0) is 18.0. The summed E-state index contributed by atoms with van der Waals surface area (Å²) in [5, 5.41) is 10.0. The van der Waals surface area contributed by atoms with Crippen LogP contribution in [0.4, 0.5) is 0 Å². The van der Waals surface area contributed by atoms with E-state index in [1.165, 1.54) is 14.2 Å². The van der Waals surface area contributed by atoms with Gasteiger partial charge in [0, 0.05) is 16.5 Å². The van der Waals surface area contributed by atoms with Crippen LogP contribution in [-0.2, 0) is 0 Å². The molecule has 0 saturated heterocycles. The maximum Gasteiger partial charge on any atom is 0.200 e. The summed E-state index contributed by atoms with van der Waals surface area (Å²) in [6.07, 6.45) is 2.25. The van der Waals surface area contributed by atoms with Crippen molar-refractivity contribution in [1.29, 1.82) is 0 Å². The standard InChI is InChI=1S/C19H17BrO5/c1-23-16-8-11(9-17(24-2)19(16)22)7-12-5-6-25-15-4-3-13(20)10-14(15)18(12)21/h3-4,7-10,22H,5-6H2,1-2H3. The summed E-state index contributed by atoms with van der Waals surface area (Å²) in [7, 11) is 2.92. The smallest absolute Gasteiger partial charge is 0.200 e. The maximum atomic E-state index is 12.9. The molecule has 0 aliphatic carbocycles. The van der Waals surface area contributed by atoms with Gasteiger partial charge in [0.15, 0.2) is 17.3 Å². The summed E-state index contributed by atoms with van der Waals surface area (Å²) in [5.74, 6) is 0.993. The molecule has 5 nitrogen and oxygen atoms in total. The highest BCUT2D eigenvalue weighted by atomic mass is 79.9. The molecule has 0 radical (unpaired) electrons. The molecule has 1 aliphatic rings. The van der Waals surface area contributed by atoms with Crippen molar-refractivity contribution in [3.63, 3.8) is 0 Å². The van der Waals surface area contributed by atoms with E-state index in [-0.39, 0.29) is 23.0 Å². The molecule has 2 aromatic rings. The van der Waals surface area contributed by atoms with E-state index < -0.39 is 0 Å². The van der Waals surface area contributed by atoms with Gasteiger partial charge in [-0.2, -0.15) is 0 Å². The van der Waals surface area contributed by atoms with Crippen LogP contribution in [0, 0.1) is 0 Å². The van der Waals surface area contributed by atoms with Gasteiger partial charge in [-0.15, -0.1) is 0 Å². The zero-order valence-corrected chi connectivity index (χ0v) is 15.4. The third-order valence-electron chi connectivity index (χ3n) is 3.95. The average Bonchev–Trinajstić information content (AvgIpc) is 2.76. The van der Waals surface area contributed by atoms with E-state index in [9.17, 15) is 9.90 Å². The fraction of sp³-hybridized carbons (Fsp3) is 0.211. The molecule has 6 heteroatoms. The van der Waals surface area contributed by atoms with Crippen LogP contribution in [0.3, 0.4) is 0 Å². The van der Waals surface area contributed by atoms with Gasteiger partial charge >= 0.3 is 0 Å². The highest BCUT2D eigenvalue weighted by Crippen LogP contribution is 2.38. The molecule has 0 unspecified atom stereocenters. The lowest BCUT2D eigenvalue weighted by Crippen LogP contribution is -2.02. The van der Waals surface area contributed by atoms with Crippen molar-refractivity contribution in [2.75, 3.05) is 20.8 Å². The topological polar surface area (TPSA) is 65.0 Å². The third-order valence-corrected chi connectivity index (χ3v) is 4.44. The molecule has 130 valence electrons. The molecule has 0 amide bonds. The van der Waals surface area contributed by atoms with Crippen molar-refractivity contribution in [2.24, 2.45) is 0 Å². The van der Waals surface area contributed by atoms with Crippen LogP contribution in [-0.4, -0.2) is 31.7 Å². The molecule has 0 fully saturated rings. The minimum Gasteiger partial charge on any atom is -0.502 e. The number of ketones is 1. The lowest BCUT2D eigenvalue weighted by Gasteiger charge is -2.10. The van der Waals surface area contributed by atoms with E-state index in [1.807, 2.05) is 6.07 Å². The highest BCUT2D eigenvalue weighted by molar-refractivity contribution is 9.10. The molecule has 0 aromatic heterocycles. The van der Waals surface area contributed by atoms with Gasteiger partial charge in [0.1, 0.15) is 5.75 Å². The Hall–Kier alpha value is -2.47. The van der Waals surface area contributed by atoms with E-state index in [0.717, 1.165) is 4.47 Å². The van der Waals surface area contributed by atoms with Gasteiger partial charge in [0.2, 0.25) is 5.75 Å². The Morgan fingerprint density at radius 2 is 1.84 bits per heavy atom. The van der Waals surface area contributed by atoms with Crippen molar-refractivity contribution >= 4 is 27.8 Å². The van der Waals surface area contributed by atoms with E-state index in [2.05, 4.69) is 15.9 Å². The van der Waals surface area contributed by atoms with Crippen LogP contribution in [0.25, 0.3) is 6.08 Å². The normalized spacial score (nSPS) is 15.3. The predicted molar refractivity (Wildman–Crippen MR) is 97.8 cm³/mol. The first-order chi connectivity index (χ1) is 12.0. The molecule has 25 heavy (non-hydrogen) atoms. The summed E-state index contributed by atoms with van der Waals surface area (Å²) in [5.41, 5.74) is 1.84. The Balaban J connectivity index is 2.05. The molecular weight excluding hydrogens is 388 g/mol. The quantitative estimate of drug-likeness (QED) is 0.775. The number of halogens is 1. The highest BCUT2D eigenvalue weighted by Gasteiger charge is 2.22. The first-order valence-electron chi connectivity index (χ1n) is 7.66. The Kier molecular flexibility index (Phi) is 4.99. The number of rotatable bonds is 3. The van der Waals surface area contributed by atoms with Gasteiger partial charge in [-0.05, 0) is 42.0 Å². The number of aromatic hydroxyl groups is 1. The summed E-state index contributed by atoms with van der Waals surface area (Å²) in [6, 6.07) is 8.70. The SMILES string of the molecule is COc1cc(C=C2CCOc3ccc(Br)cc3C2=O)cc(OC)c1O. The largest absolute Gasteiger partial charge is 0.502 e. The van der Waals surface area contributed by atoms with Crippen molar-refractivity contribution in [2.45, 2.75) is 6.42 Å². The third kappa shape index (κ3) is 3.49. The van der Waals surface area contributed by atoms with Crippen LogP contribution in [0.5, 0.6) is 23.0 Å². The van der Waals surface area contributed by atoms with Crippen LogP contribution in [0.15, 0.2) is 40.4 Å². The van der Waals surface area contributed by atoms with Crippen molar-refractivity contribution in [3.8, 4) is 23.0 Å². The van der Waals surface area contributed by atoms with E-state index in [1.54, 1.807) is 30.3 Å². The minimum atomic E-state index is -0.0835. The lowest BCUT2D eigenvalue weighted by atomic mass is 9.99. The van der Waals surface area contributed by atoms with Crippen molar-refractivity contribution in [1.82, 2.24) is 0 Å². The second-order valence-electron chi connectivity index (χ2n) is 5.51. The van der Waals surface area contributed by atoms with Gasteiger partial charge in [0.05, 0.1) is 26.4 Å². The minimum absolute atomic E-state index is 0.0723. The molecule has 3 rings (SSSR count). The number of methoxy groups -OCH3 is 2. The van der Waals surface area contributed by atoms with E-state index >= 15 is 0 Å². The number of carbonyl (C=O) groups excluding carboxylic acids is 1. The lowest BCUT2D eigenvalue weighted by molar-refractivity contribution is 0.103. The number of ether oxygens (including phenoxy) is 3. The average molecular weight is 405 g/mol. The Labute approximate surface area is 154 Å². The number of phenols is 1. The number of fused-ring (bicyclic) bond motifs is 1. The van der Waals surface area contributed by atoms with Crippen molar-refractivity contribution in [3.05, 3.63) is 51.5 Å². The summed E-state index contributed by atoms with van der Waals surface area (Å²) in [4.78, 5) is 12.9. The molecule has 1 heterocycles. The summed E-state index contributed by atoms with van der Waals surface area (Å²) in [6.45, 7) is 0.415. The maximum absolute atomic E-state index is 12.9. The van der Waals surface area contributed by atoms with Gasteiger partial charge < -0.3 is 19.3 Å². The number of hydrogen-bond acceptors (Lipinski definition) is 5. The van der Waals surface area contributed by atoms with E-state index in [4.69, 9.17) is 14.2 Å². The molecule has 2 aromatic carbocycles. The van der Waals surface area contributed by atoms with Gasteiger partial charge in [0.25, 0.3) is 0 Å². The van der Waals surface area contributed by atoms with Crippen LogP contribution in [0.2, 0.25) is 0 Å². The molecule has 0 atom stereocenters. The fourth-order valence-electron chi connectivity index (χ4n) is 2.70. The number of phenolic OH excluding ortho intramolecular Hbond substituents is 1. The second kappa shape index (κ2) is 7.19. The van der Waals surface area contributed by atoms with E-state index in [0.29, 0.717) is 35.5 Å². The first-order valence-corrected chi connectivity index (χ1v) is 8.45. The van der Waals surface area contributed by atoms with Crippen molar-refractivity contribution < 1.29 is 24.1 Å². The number of benzene rings is 2. The molecule has 0 saturated carbocycles. The van der Waals surface area contributed by atoms with Gasteiger partial charge in [-0.25, -0.2) is 0 Å². The first kappa shape index (κ1) is 17.4. The number of hydrogen-bond donors (Lipinski definition) is 1. The number of carbonyl (C=O) groups is 1. The molecular formula is C19H17BrO5. The second-order valence-corrected chi connectivity index (χ2v) is 6.43. The molecule has 1 N–H and O–H groups in total. The Bertz CT molecular complexity index is 832. The molecule has 0 bridgehead atoms. The Morgan fingerprint density at radius 1 is 1.16 bits per heavy atom.